The highest BCUT2D eigenvalue weighted by Gasteiger charge is 2.25. The Balaban J connectivity index is 1.26. The SMILES string of the molecule is O=C(NC1CCC(Oc2nc(N3CCOCC3)cc3ncccc23)CC1)n1cccn1. The predicted molar refractivity (Wildman–Crippen MR) is 115 cm³/mol. The molecule has 1 N–H and O–H groups in total. The number of hydrogen-bond acceptors (Lipinski definition) is 7. The number of rotatable bonds is 4. The molecule has 162 valence electrons. The Labute approximate surface area is 180 Å². The molecule has 2 aliphatic rings. The minimum absolute atomic E-state index is 0.0636. The van der Waals surface area contributed by atoms with Crippen LogP contribution in [0.2, 0.25) is 0 Å². The van der Waals surface area contributed by atoms with Crippen LogP contribution < -0.4 is 15.0 Å². The monoisotopic (exact) mass is 422 g/mol. The Hall–Kier alpha value is -3.20. The molecule has 0 radical (unpaired) electrons. The van der Waals surface area contributed by atoms with Gasteiger partial charge in [0.05, 0.1) is 24.1 Å². The van der Waals surface area contributed by atoms with Crippen LogP contribution >= 0.6 is 0 Å². The van der Waals surface area contributed by atoms with Crippen molar-refractivity contribution in [1.82, 2.24) is 25.1 Å². The molecule has 1 aliphatic heterocycles. The number of anilines is 1. The van der Waals surface area contributed by atoms with Crippen LogP contribution in [0.4, 0.5) is 10.6 Å². The molecule has 1 saturated carbocycles. The van der Waals surface area contributed by atoms with Gasteiger partial charge in [0.2, 0.25) is 5.88 Å². The molecule has 2 fully saturated rings. The van der Waals surface area contributed by atoms with E-state index in [-0.39, 0.29) is 18.2 Å². The van der Waals surface area contributed by atoms with Crippen molar-refractivity contribution in [3.63, 3.8) is 0 Å². The number of nitrogens with zero attached hydrogens (tertiary/aromatic N) is 5. The largest absolute Gasteiger partial charge is 0.474 e. The number of carbonyl (C=O) groups is 1. The van der Waals surface area contributed by atoms with E-state index in [0.29, 0.717) is 19.1 Å². The topological polar surface area (TPSA) is 94.4 Å². The lowest BCUT2D eigenvalue weighted by atomic mass is 9.93. The van der Waals surface area contributed by atoms with Crippen molar-refractivity contribution in [2.24, 2.45) is 0 Å². The van der Waals surface area contributed by atoms with E-state index in [4.69, 9.17) is 14.5 Å². The smallest absolute Gasteiger partial charge is 0.342 e. The van der Waals surface area contributed by atoms with Crippen LogP contribution in [0.25, 0.3) is 10.9 Å². The van der Waals surface area contributed by atoms with Crippen LogP contribution in [0, 0.1) is 0 Å². The fourth-order valence-electron chi connectivity index (χ4n) is 4.19. The number of fused-ring (bicyclic) bond motifs is 1. The van der Waals surface area contributed by atoms with Crippen molar-refractivity contribution in [3.05, 3.63) is 42.9 Å². The molecule has 9 heteroatoms. The molecule has 0 aromatic carbocycles. The maximum Gasteiger partial charge on any atom is 0.342 e. The van der Waals surface area contributed by atoms with Crippen LogP contribution in [-0.2, 0) is 4.74 Å². The Morgan fingerprint density at radius 2 is 1.97 bits per heavy atom. The van der Waals surface area contributed by atoms with E-state index in [9.17, 15) is 4.79 Å². The third-order valence-electron chi connectivity index (χ3n) is 5.88. The maximum absolute atomic E-state index is 12.2. The van der Waals surface area contributed by atoms with Gasteiger partial charge in [-0.2, -0.15) is 14.8 Å². The number of aromatic nitrogens is 4. The molecule has 1 saturated heterocycles. The summed E-state index contributed by atoms with van der Waals surface area (Å²) in [6.07, 6.45) is 8.53. The summed E-state index contributed by atoms with van der Waals surface area (Å²) < 4.78 is 13.2. The summed E-state index contributed by atoms with van der Waals surface area (Å²) in [6, 6.07) is 7.61. The lowest BCUT2D eigenvalue weighted by Crippen LogP contribution is -2.41. The van der Waals surface area contributed by atoms with Crippen LogP contribution in [0.3, 0.4) is 0 Å². The van der Waals surface area contributed by atoms with Gasteiger partial charge in [-0.25, -0.2) is 4.79 Å². The van der Waals surface area contributed by atoms with Crippen molar-refractivity contribution in [1.29, 1.82) is 0 Å². The van der Waals surface area contributed by atoms with Crippen molar-refractivity contribution < 1.29 is 14.3 Å². The lowest BCUT2D eigenvalue weighted by molar-refractivity contribution is 0.121. The first kappa shape index (κ1) is 19.7. The summed E-state index contributed by atoms with van der Waals surface area (Å²) in [5, 5.41) is 7.96. The number of pyridine rings is 2. The summed E-state index contributed by atoms with van der Waals surface area (Å²) in [4.78, 5) is 23.8. The van der Waals surface area contributed by atoms with Gasteiger partial charge in [-0.1, -0.05) is 0 Å². The summed E-state index contributed by atoms with van der Waals surface area (Å²) in [5.41, 5.74) is 0.883. The molecule has 9 nitrogen and oxygen atoms in total. The third kappa shape index (κ3) is 4.46. The number of amides is 1. The summed E-state index contributed by atoms with van der Waals surface area (Å²) in [6.45, 7) is 3.02. The Morgan fingerprint density at radius 1 is 1.13 bits per heavy atom. The third-order valence-corrected chi connectivity index (χ3v) is 5.88. The van der Waals surface area contributed by atoms with Gasteiger partial charge in [-0.15, -0.1) is 0 Å². The molecule has 1 amide bonds. The van der Waals surface area contributed by atoms with E-state index in [0.717, 1.165) is 55.5 Å². The number of hydrogen-bond donors (Lipinski definition) is 1. The van der Waals surface area contributed by atoms with E-state index in [2.05, 4.69) is 20.3 Å². The molecule has 31 heavy (non-hydrogen) atoms. The minimum atomic E-state index is -0.189. The molecular formula is C22H26N6O3. The van der Waals surface area contributed by atoms with Gasteiger partial charge >= 0.3 is 6.03 Å². The highest BCUT2D eigenvalue weighted by Crippen LogP contribution is 2.30. The highest BCUT2D eigenvalue weighted by atomic mass is 16.5. The molecule has 4 heterocycles. The lowest BCUT2D eigenvalue weighted by Gasteiger charge is -2.30. The van der Waals surface area contributed by atoms with Gasteiger partial charge in [-0.3, -0.25) is 4.98 Å². The number of morpholine rings is 1. The van der Waals surface area contributed by atoms with E-state index >= 15 is 0 Å². The van der Waals surface area contributed by atoms with E-state index in [1.807, 2.05) is 18.2 Å². The van der Waals surface area contributed by atoms with Gasteiger partial charge in [0.25, 0.3) is 0 Å². The first-order valence-electron chi connectivity index (χ1n) is 10.8. The first-order chi connectivity index (χ1) is 15.3. The molecule has 0 spiro atoms. The Kier molecular flexibility index (Phi) is 5.66. The molecule has 1 aliphatic carbocycles. The summed E-state index contributed by atoms with van der Waals surface area (Å²) in [5.74, 6) is 1.51. The Bertz CT molecular complexity index is 1030. The standard InChI is InChI=1S/C22H26N6O3/c29-22(28-10-2-9-24-28)25-16-4-6-17(7-5-16)31-21-18-3-1-8-23-19(18)15-20(26-21)27-11-13-30-14-12-27/h1-3,8-10,15-17H,4-7,11-14H2,(H,25,29). The zero-order chi connectivity index (χ0) is 21.0. The zero-order valence-electron chi connectivity index (χ0n) is 17.3. The number of ether oxygens (including phenoxy) is 2. The van der Waals surface area contributed by atoms with Crippen LogP contribution in [-0.4, -0.2) is 64.2 Å². The second kappa shape index (κ2) is 8.89. The molecular weight excluding hydrogens is 396 g/mol. The van der Waals surface area contributed by atoms with Crippen molar-refractivity contribution in [3.8, 4) is 5.88 Å². The van der Waals surface area contributed by atoms with E-state index < -0.39 is 0 Å². The minimum Gasteiger partial charge on any atom is -0.474 e. The fraction of sp³-hybridized carbons (Fsp3) is 0.455. The molecule has 0 bridgehead atoms. The van der Waals surface area contributed by atoms with Crippen LogP contribution in [0.15, 0.2) is 42.9 Å². The maximum atomic E-state index is 12.2. The van der Waals surface area contributed by atoms with Crippen LogP contribution in [0.1, 0.15) is 25.7 Å². The van der Waals surface area contributed by atoms with E-state index in [1.54, 1.807) is 24.7 Å². The molecule has 3 aromatic rings. The average molecular weight is 422 g/mol. The quantitative estimate of drug-likeness (QED) is 0.691. The van der Waals surface area contributed by atoms with Gasteiger partial charge in [0, 0.05) is 43.8 Å². The van der Waals surface area contributed by atoms with Gasteiger partial charge in [0.15, 0.2) is 0 Å². The summed E-state index contributed by atoms with van der Waals surface area (Å²) >= 11 is 0. The van der Waals surface area contributed by atoms with Gasteiger partial charge < -0.3 is 19.7 Å². The molecule has 5 rings (SSSR count). The van der Waals surface area contributed by atoms with Crippen molar-refractivity contribution in [2.45, 2.75) is 37.8 Å². The van der Waals surface area contributed by atoms with Gasteiger partial charge in [-0.05, 0) is 43.9 Å². The zero-order valence-corrected chi connectivity index (χ0v) is 17.3. The first-order valence-corrected chi connectivity index (χ1v) is 10.8. The fourth-order valence-corrected chi connectivity index (χ4v) is 4.19. The normalized spacial score (nSPS) is 21.7. The van der Waals surface area contributed by atoms with Crippen molar-refractivity contribution in [2.75, 3.05) is 31.2 Å². The van der Waals surface area contributed by atoms with Gasteiger partial charge in [0.1, 0.15) is 11.9 Å². The van der Waals surface area contributed by atoms with E-state index in [1.165, 1.54) is 4.68 Å². The number of nitrogens with one attached hydrogen (secondary N) is 1. The van der Waals surface area contributed by atoms with Crippen molar-refractivity contribution >= 4 is 22.8 Å². The predicted octanol–water partition coefficient (Wildman–Crippen LogP) is 2.61. The number of carbonyl (C=O) groups excluding carboxylic acids is 1. The Morgan fingerprint density at radius 3 is 2.74 bits per heavy atom. The average Bonchev–Trinajstić information content (AvgIpc) is 3.36. The highest BCUT2D eigenvalue weighted by molar-refractivity contribution is 5.85. The van der Waals surface area contributed by atoms with Crippen LogP contribution in [0.5, 0.6) is 5.88 Å². The molecule has 3 aromatic heterocycles. The molecule has 0 unspecified atom stereocenters. The second-order valence-electron chi connectivity index (χ2n) is 7.95. The summed E-state index contributed by atoms with van der Waals surface area (Å²) in [7, 11) is 0. The second-order valence-corrected chi connectivity index (χ2v) is 7.95. The molecule has 0 atom stereocenters.